The second-order valence-electron chi connectivity index (χ2n) is 7.02. The zero-order chi connectivity index (χ0) is 16.1. The Labute approximate surface area is 139 Å². The minimum atomic E-state index is -0.412. The van der Waals surface area contributed by atoms with E-state index in [0.717, 1.165) is 38.0 Å². The van der Waals surface area contributed by atoms with Crippen molar-refractivity contribution >= 4 is 5.91 Å². The number of nitrogens with zero attached hydrogens (tertiary/aromatic N) is 1. The number of hydrogen-bond acceptors (Lipinski definition) is 3. The summed E-state index contributed by atoms with van der Waals surface area (Å²) in [5.74, 6) is 0.800. The van der Waals surface area contributed by atoms with Gasteiger partial charge in [-0.15, -0.1) is 0 Å². The average molecular weight is 316 g/mol. The summed E-state index contributed by atoms with van der Waals surface area (Å²) in [7, 11) is 2.17. The van der Waals surface area contributed by atoms with Crippen LogP contribution >= 0.6 is 0 Å². The van der Waals surface area contributed by atoms with Crippen LogP contribution in [0.2, 0.25) is 0 Å². The van der Waals surface area contributed by atoms with Crippen molar-refractivity contribution < 1.29 is 9.53 Å². The first-order valence-electron chi connectivity index (χ1n) is 8.81. The number of carbonyl (C=O) groups excluding carboxylic acids is 1. The minimum Gasteiger partial charge on any atom is -0.381 e. The number of carbonyl (C=O) groups is 1. The molecule has 2 fully saturated rings. The molecule has 0 aromatic heterocycles. The molecular formula is C19H28N2O2. The minimum absolute atomic E-state index is 0.186. The molecular weight excluding hydrogens is 288 g/mol. The number of benzene rings is 1. The Bertz CT molecular complexity index is 503. The fourth-order valence-corrected chi connectivity index (χ4v) is 3.80. The highest BCUT2D eigenvalue weighted by atomic mass is 16.5. The Hall–Kier alpha value is -1.39. The molecule has 2 aliphatic rings. The molecule has 2 heterocycles. The van der Waals surface area contributed by atoms with E-state index in [9.17, 15) is 4.79 Å². The Morgan fingerprint density at radius 1 is 1.22 bits per heavy atom. The number of ether oxygens (including phenoxy) is 1. The third-order valence-electron chi connectivity index (χ3n) is 5.50. The summed E-state index contributed by atoms with van der Waals surface area (Å²) < 4.78 is 5.52. The van der Waals surface area contributed by atoms with Gasteiger partial charge in [-0.3, -0.25) is 4.79 Å². The summed E-state index contributed by atoms with van der Waals surface area (Å²) in [6.45, 7) is 4.41. The van der Waals surface area contributed by atoms with Crippen LogP contribution in [-0.4, -0.2) is 50.7 Å². The lowest BCUT2D eigenvalue weighted by Gasteiger charge is -2.37. The van der Waals surface area contributed by atoms with Crippen LogP contribution in [0.25, 0.3) is 0 Å². The predicted molar refractivity (Wildman–Crippen MR) is 91.4 cm³/mol. The maximum absolute atomic E-state index is 13.1. The van der Waals surface area contributed by atoms with Crippen LogP contribution in [0.1, 0.15) is 31.2 Å². The van der Waals surface area contributed by atoms with Crippen LogP contribution in [-0.2, 0) is 14.9 Å². The molecule has 2 saturated heterocycles. The largest absolute Gasteiger partial charge is 0.381 e. The molecule has 0 spiro atoms. The lowest BCUT2D eigenvalue weighted by Crippen LogP contribution is -2.49. The molecule has 0 unspecified atom stereocenters. The first kappa shape index (κ1) is 16.5. The highest BCUT2D eigenvalue weighted by molar-refractivity contribution is 5.88. The lowest BCUT2D eigenvalue weighted by molar-refractivity contribution is -0.130. The predicted octanol–water partition coefficient (Wildman–Crippen LogP) is 2.19. The van der Waals surface area contributed by atoms with Crippen LogP contribution in [0.3, 0.4) is 0 Å². The van der Waals surface area contributed by atoms with E-state index in [0.29, 0.717) is 19.1 Å². The highest BCUT2D eigenvalue weighted by Crippen LogP contribution is 2.35. The average Bonchev–Trinajstić information content (AvgIpc) is 2.62. The van der Waals surface area contributed by atoms with Gasteiger partial charge in [0.25, 0.3) is 0 Å². The van der Waals surface area contributed by atoms with Crippen molar-refractivity contribution in [3.05, 3.63) is 35.9 Å². The van der Waals surface area contributed by atoms with Gasteiger partial charge in [-0.05, 0) is 57.3 Å². The van der Waals surface area contributed by atoms with Gasteiger partial charge in [0.15, 0.2) is 0 Å². The van der Waals surface area contributed by atoms with Gasteiger partial charge in [-0.25, -0.2) is 0 Å². The SMILES string of the molecule is CN1CCC(CNC(=O)C2(c3ccccc3)CCOCC2)CC1. The van der Waals surface area contributed by atoms with Crippen LogP contribution in [0.5, 0.6) is 0 Å². The Balaban J connectivity index is 1.66. The molecule has 0 bridgehead atoms. The third-order valence-corrected chi connectivity index (χ3v) is 5.50. The number of amides is 1. The van der Waals surface area contributed by atoms with Crippen molar-refractivity contribution in [3.63, 3.8) is 0 Å². The molecule has 1 aromatic carbocycles. The highest BCUT2D eigenvalue weighted by Gasteiger charge is 2.41. The third kappa shape index (κ3) is 3.75. The molecule has 0 aliphatic carbocycles. The van der Waals surface area contributed by atoms with Crippen LogP contribution < -0.4 is 5.32 Å². The van der Waals surface area contributed by atoms with Crippen molar-refractivity contribution in [2.24, 2.45) is 5.92 Å². The van der Waals surface area contributed by atoms with Crippen molar-refractivity contribution in [2.45, 2.75) is 31.1 Å². The fourth-order valence-electron chi connectivity index (χ4n) is 3.80. The number of nitrogens with one attached hydrogen (secondary N) is 1. The molecule has 4 nitrogen and oxygen atoms in total. The maximum atomic E-state index is 13.1. The number of piperidine rings is 1. The van der Waals surface area contributed by atoms with E-state index in [4.69, 9.17) is 4.74 Å². The second-order valence-corrected chi connectivity index (χ2v) is 7.02. The van der Waals surface area contributed by atoms with Crippen LogP contribution in [0, 0.1) is 5.92 Å². The number of rotatable bonds is 4. The number of likely N-dealkylation sites (tertiary alicyclic amines) is 1. The molecule has 2 aliphatic heterocycles. The second kappa shape index (κ2) is 7.45. The summed E-state index contributed by atoms with van der Waals surface area (Å²) in [5, 5.41) is 3.26. The van der Waals surface area contributed by atoms with Gasteiger partial charge in [0.2, 0.25) is 5.91 Å². The molecule has 0 atom stereocenters. The van der Waals surface area contributed by atoms with Crippen molar-refractivity contribution in [2.75, 3.05) is 39.9 Å². The van der Waals surface area contributed by atoms with Gasteiger partial charge in [-0.2, -0.15) is 0 Å². The summed E-state index contributed by atoms with van der Waals surface area (Å²) in [5.41, 5.74) is 0.717. The molecule has 1 N–H and O–H groups in total. The van der Waals surface area contributed by atoms with Crippen molar-refractivity contribution in [1.29, 1.82) is 0 Å². The van der Waals surface area contributed by atoms with E-state index >= 15 is 0 Å². The molecule has 1 aromatic rings. The van der Waals surface area contributed by atoms with Crippen molar-refractivity contribution in [3.8, 4) is 0 Å². The van der Waals surface area contributed by atoms with Gasteiger partial charge < -0.3 is 15.0 Å². The van der Waals surface area contributed by atoms with Gasteiger partial charge in [0.05, 0.1) is 5.41 Å². The van der Waals surface area contributed by atoms with E-state index < -0.39 is 5.41 Å². The molecule has 23 heavy (non-hydrogen) atoms. The molecule has 1 amide bonds. The smallest absolute Gasteiger partial charge is 0.230 e. The van der Waals surface area contributed by atoms with Gasteiger partial charge >= 0.3 is 0 Å². The van der Waals surface area contributed by atoms with E-state index in [-0.39, 0.29) is 5.91 Å². The van der Waals surface area contributed by atoms with Gasteiger partial charge in [0, 0.05) is 19.8 Å². The Morgan fingerprint density at radius 2 is 1.87 bits per heavy atom. The maximum Gasteiger partial charge on any atom is 0.230 e. The topological polar surface area (TPSA) is 41.6 Å². The normalized spacial score (nSPS) is 22.7. The quantitative estimate of drug-likeness (QED) is 0.926. The molecule has 4 heteroatoms. The zero-order valence-electron chi connectivity index (χ0n) is 14.1. The van der Waals surface area contributed by atoms with Crippen molar-refractivity contribution in [1.82, 2.24) is 10.2 Å². The summed E-state index contributed by atoms with van der Waals surface area (Å²) in [6, 6.07) is 10.2. The Morgan fingerprint density at radius 3 is 2.52 bits per heavy atom. The van der Waals surface area contributed by atoms with Crippen LogP contribution in [0.4, 0.5) is 0 Å². The summed E-state index contributed by atoms with van der Waals surface area (Å²) >= 11 is 0. The standard InChI is InChI=1S/C19H28N2O2/c1-21-11-7-16(8-12-21)15-20-18(22)19(9-13-23-14-10-19)17-5-3-2-4-6-17/h2-6,16H,7-15H2,1H3,(H,20,22). The Kier molecular flexibility index (Phi) is 5.34. The molecule has 0 saturated carbocycles. The van der Waals surface area contributed by atoms with E-state index in [1.165, 1.54) is 12.8 Å². The van der Waals surface area contributed by atoms with E-state index in [1.54, 1.807) is 0 Å². The first-order valence-corrected chi connectivity index (χ1v) is 8.81. The van der Waals surface area contributed by atoms with Gasteiger partial charge in [-0.1, -0.05) is 30.3 Å². The fraction of sp³-hybridized carbons (Fsp3) is 0.632. The monoisotopic (exact) mass is 316 g/mol. The summed E-state index contributed by atoms with van der Waals surface area (Å²) in [4.78, 5) is 15.4. The van der Waals surface area contributed by atoms with E-state index in [1.807, 2.05) is 18.2 Å². The first-order chi connectivity index (χ1) is 11.2. The molecule has 0 radical (unpaired) electrons. The zero-order valence-corrected chi connectivity index (χ0v) is 14.1. The molecule has 3 rings (SSSR count). The van der Waals surface area contributed by atoms with Gasteiger partial charge in [0.1, 0.15) is 0 Å². The molecule has 126 valence electrons. The van der Waals surface area contributed by atoms with Crippen LogP contribution in [0.15, 0.2) is 30.3 Å². The lowest BCUT2D eigenvalue weighted by atomic mass is 9.73. The summed E-state index contributed by atoms with van der Waals surface area (Å²) in [6.07, 6.45) is 3.91. The van der Waals surface area contributed by atoms with E-state index in [2.05, 4.69) is 29.4 Å². The number of hydrogen-bond donors (Lipinski definition) is 1.